The summed E-state index contributed by atoms with van der Waals surface area (Å²) in [4.78, 5) is 10.9. The summed E-state index contributed by atoms with van der Waals surface area (Å²) in [5.41, 5.74) is 3.01. The van der Waals surface area contributed by atoms with Crippen molar-refractivity contribution >= 4 is 5.97 Å². The first-order valence-electron chi connectivity index (χ1n) is 6.36. The molecule has 0 saturated heterocycles. The molecule has 0 aliphatic carbocycles. The molecule has 0 bridgehead atoms. The molecular weight excluding hydrogens is 200 g/mol. The maximum atomic E-state index is 10.9. The topological polar surface area (TPSA) is 26.3 Å². The van der Waals surface area contributed by atoms with Crippen molar-refractivity contribution in [3.05, 3.63) is 17.9 Å². The van der Waals surface area contributed by atoms with Gasteiger partial charge in [-0.15, -0.1) is 5.73 Å². The highest BCUT2D eigenvalue weighted by atomic mass is 16.5. The summed E-state index contributed by atoms with van der Waals surface area (Å²) in [5, 5.41) is 0. The van der Waals surface area contributed by atoms with Crippen LogP contribution in [0.2, 0.25) is 0 Å². The van der Waals surface area contributed by atoms with Gasteiger partial charge in [0.2, 0.25) is 0 Å². The third kappa shape index (κ3) is 11.1. The second-order valence-corrected chi connectivity index (χ2v) is 3.79. The standard InChI is InChI=1S/C14H24O2/c1-3-5-6-7-8-9-10-11-12-13-14(15)16-4-2/h10,12H,3-9,13H2,1-2H3. The minimum Gasteiger partial charge on any atom is -0.466 e. The van der Waals surface area contributed by atoms with Gasteiger partial charge in [0.15, 0.2) is 0 Å². The van der Waals surface area contributed by atoms with Crippen LogP contribution in [0, 0.1) is 0 Å². The molecule has 2 heteroatoms. The summed E-state index contributed by atoms with van der Waals surface area (Å²) in [6.07, 6.45) is 11.6. The molecule has 0 aromatic carbocycles. The van der Waals surface area contributed by atoms with Gasteiger partial charge in [-0.2, -0.15) is 0 Å². The fourth-order valence-electron chi connectivity index (χ4n) is 1.38. The first kappa shape index (κ1) is 15.0. The summed E-state index contributed by atoms with van der Waals surface area (Å²) in [6, 6.07) is 0. The van der Waals surface area contributed by atoms with E-state index in [1.165, 1.54) is 32.1 Å². The first-order chi connectivity index (χ1) is 7.81. The van der Waals surface area contributed by atoms with Crippen molar-refractivity contribution in [1.29, 1.82) is 0 Å². The van der Waals surface area contributed by atoms with E-state index in [1.54, 1.807) is 6.08 Å². The van der Waals surface area contributed by atoms with Gasteiger partial charge in [0.25, 0.3) is 0 Å². The lowest BCUT2D eigenvalue weighted by atomic mass is 10.1. The highest BCUT2D eigenvalue weighted by Gasteiger charge is 1.94. The molecule has 0 saturated carbocycles. The largest absolute Gasteiger partial charge is 0.466 e. The number of rotatable bonds is 9. The van der Waals surface area contributed by atoms with Crippen molar-refractivity contribution in [3.8, 4) is 0 Å². The van der Waals surface area contributed by atoms with E-state index in [1.807, 2.05) is 13.0 Å². The van der Waals surface area contributed by atoms with E-state index in [0.717, 1.165) is 6.42 Å². The van der Waals surface area contributed by atoms with Crippen LogP contribution in [0.4, 0.5) is 0 Å². The molecule has 0 heterocycles. The number of esters is 1. The zero-order valence-corrected chi connectivity index (χ0v) is 10.6. The Hall–Kier alpha value is -1.01. The Bertz CT molecular complexity index is 225. The van der Waals surface area contributed by atoms with Crippen molar-refractivity contribution in [2.24, 2.45) is 0 Å². The zero-order valence-electron chi connectivity index (χ0n) is 10.6. The molecule has 0 N–H and O–H groups in total. The van der Waals surface area contributed by atoms with Gasteiger partial charge in [0, 0.05) is 0 Å². The normalized spacial score (nSPS) is 9.38. The van der Waals surface area contributed by atoms with Crippen molar-refractivity contribution in [2.45, 2.75) is 58.8 Å². The van der Waals surface area contributed by atoms with Gasteiger partial charge in [0.1, 0.15) is 0 Å². The van der Waals surface area contributed by atoms with Crippen molar-refractivity contribution in [2.75, 3.05) is 6.61 Å². The third-order valence-corrected chi connectivity index (χ3v) is 2.26. The predicted molar refractivity (Wildman–Crippen MR) is 67.3 cm³/mol. The summed E-state index contributed by atoms with van der Waals surface area (Å²) >= 11 is 0. The van der Waals surface area contributed by atoms with Gasteiger partial charge in [-0.05, 0) is 31.9 Å². The smallest absolute Gasteiger partial charge is 0.310 e. The molecule has 0 aromatic heterocycles. The molecule has 0 rings (SSSR count). The van der Waals surface area contributed by atoms with Crippen LogP contribution in [0.15, 0.2) is 17.9 Å². The molecule has 0 radical (unpaired) electrons. The average molecular weight is 224 g/mol. The Morgan fingerprint density at radius 1 is 1.12 bits per heavy atom. The summed E-state index contributed by atoms with van der Waals surface area (Å²) in [5.74, 6) is -0.175. The van der Waals surface area contributed by atoms with E-state index < -0.39 is 0 Å². The van der Waals surface area contributed by atoms with E-state index in [-0.39, 0.29) is 5.97 Å². The molecule has 0 spiro atoms. The fourth-order valence-corrected chi connectivity index (χ4v) is 1.38. The van der Waals surface area contributed by atoms with Crippen molar-refractivity contribution < 1.29 is 9.53 Å². The molecule has 0 unspecified atom stereocenters. The van der Waals surface area contributed by atoms with Gasteiger partial charge in [-0.3, -0.25) is 4.79 Å². The lowest BCUT2D eigenvalue weighted by Crippen LogP contribution is -2.00. The SMILES string of the molecule is CCCCCCCC=C=CCC(=O)OCC. The Labute approximate surface area is 99.4 Å². The van der Waals surface area contributed by atoms with E-state index in [4.69, 9.17) is 4.74 Å². The number of hydrogen-bond donors (Lipinski definition) is 0. The molecule has 0 amide bonds. The van der Waals surface area contributed by atoms with Gasteiger partial charge in [-0.25, -0.2) is 0 Å². The highest BCUT2D eigenvalue weighted by Crippen LogP contribution is 2.04. The second-order valence-electron chi connectivity index (χ2n) is 3.79. The number of hydrogen-bond acceptors (Lipinski definition) is 2. The van der Waals surface area contributed by atoms with Gasteiger partial charge < -0.3 is 4.74 Å². The van der Waals surface area contributed by atoms with Crippen molar-refractivity contribution in [1.82, 2.24) is 0 Å². The van der Waals surface area contributed by atoms with Crippen LogP contribution in [0.25, 0.3) is 0 Å². The Kier molecular flexibility index (Phi) is 11.3. The molecule has 0 aliphatic heterocycles. The van der Waals surface area contributed by atoms with Crippen LogP contribution < -0.4 is 0 Å². The highest BCUT2D eigenvalue weighted by molar-refractivity contribution is 5.70. The molecule has 0 aromatic rings. The van der Waals surface area contributed by atoms with Crippen LogP contribution >= 0.6 is 0 Å². The molecular formula is C14H24O2. The quantitative estimate of drug-likeness (QED) is 0.336. The van der Waals surface area contributed by atoms with Gasteiger partial charge in [0.05, 0.1) is 13.0 Å². The lowest BCUT2D eigenvalue weighted by Gasteiger charge is -1.95. The molecule has 92 valence electrons. The fraction of sp³-hybridized carbons (Fsp3) is 0.714. The molecule has 2 nitrogen and oxygen atoms in total. The number of carbonyl (C=O) groups is 1. The summed E-state index contributed by atoms with van der Waals surface area (Å²) < 4.78 is 4.79. The Balaban J connectivity index is 3.38. The molecule has 0 aliphatic rings. The summed E-state index contributed by atoms with van der Waals surface area (Å²) in [7, 11) is 0. The van der Waals surface area contributed by atoms with E-state index >= 15 is 0 Å². The minimum absolute atomic E-state index is 0.175. The summed E-state index contributed by atoms with van der Waals surface area (Å²) in [6.45, 7) is 4.49. The Morgan fingerprint density at radius 2 is 1.88 bits per heavy atom. The molecule has 0 atom stereocenters. The maximum absolute atomic E-state index is 10.9. The van der Waals surface area contributed by atoms with E-state index in [0.29, 0.717) is 13.0 Å². The maximum Gasteiger partial charge on any atom is 0.310 e. The van der Waals surface area contributed by atoms with Crippen LogP contribution in [0.1, 0.15) is 58.8 Å². The van der Waals surface area contributed by atoms with Crippen LogP contribution in [-0.4, -0.2) is 12.6 Å². The third-order valence-electron chi connectivity index (χ3n) is 2.26. The minimum atomic E-state index is -0.175. The van der Waals surface area contributed by atoms with Crippen molar-refractivity contribution in [3.63, 3.8) is 0 Å². The monoisotopic (exact) mass is 224 g/mol. The van der Waals surface area contributed by atoms with Gasteiger partial charge >= 0.3 is 5.97 Å². The zero-order chi connectivity index (χ0) is 12.1. The van der Waals surface area contributed by atoms with Crippen LogP contribution in [-0.2, 0) is 9.53 Å². The lowest BCUT2D eigenvalue weighted by molar-refractivity contribution is -0.142. The van der Waals surface area contributed by atoms with E-state index in [9.17, 15) is 4.79 Å². The molecule has 0 fully saturated rings. The van der Waals surface area contributed by atoms with Crippen LogP contribution in [0.3, 0.4) is 0 Å². The Morgan fingerprint density at radius 3 is 2.56 bits per heavy atom. The van der Waals surface area contributed by atoms with E-state index in [2.05, 4.69) is 12.7 Å². The first-order valence-corrected chi connectivity index (χ1v) is 6.36. The van der Waals surface area contributed by atoms with Gasteiger partial charge in [-0.1, -0.05) is 32.6 Å². The number of unbranched alkanes of at least 4 members (excludes halogenated alkanes) is 5. The number of ether oxygens (including phenoxy) is 1. The molecule has 16 heavy (non-hydrogen) atoms. The second kappa shape index (κ2) is 12.1. The van der Waals surface area contributed by atoms with Crippen LogP contribution in [0.5, 0.6) is 0 Å². The number of carbonyl (C=O) groups excluding carboxylic acids is 1. The predicted octanol–water partition coefficient (Wildman–Crippen LogP) is 4.01. The average Bonchev–Trinajstić information content (AvgIpc) is 2.27.